The molecule has 94 valence electrons. The lowest BCUT2D eigenvalue weighted by Crippen LogP contribution is -2.13. The summed E-state index contributed by atoms with van der Waals surface area (Å²) in [6, 6.07) is 5.60. The molecule has 0 bridgehead atoms. The molecule has 0 fully saturated rings. The second-order valence-corrected chi connectivity index (χ2v) is 7.46. The first kappa shape index (κ1) is 13.8. The number of thiophene rings is 1. The molecule has 0 aliphatic heterocycles. The van der Waals surface area contributed by atoms with Crippen molar-refractivity contribution in [3.63, 3.8) is 0 Å². The number of hydrogen-bond donors (Lipinski definition) is 2. The highest BCUT2D eigenvalue weighted by molar-refractivity contribution is 14.1. The minimum atomic E-state index is -0.148. The minimum absolute atomic E-state index is 0.148. The number of anilines is 2. The molecule has 3 N–H and O–H groups in total. The quantitative estimate of drug-likeness (QED) is 0.545. The molecule has 0 spiro atoms. The lowest BCUT2D eigenvalue weighted by atomic mass is 10.2. The Morgan fingerprint density at radius 3 is 2.72 bits per heavy atom. The van der Waals surface area contributed by atoms with E-state index in [0.717, 1.165) is 12.9 Å². The van der Waals surface area contributed by atoms with Gasteiger partial charge >= 0.3 is 0 Å². The van der Waals surface area contributed by atoms with E-state index in [9.17, 15) is 4.79 Å². The summed E-state index contributed by atoms with van der Waals surface area (Å²) in [6.07, 6.45) is 0. The third-order valence-corrected chi connectivity index (χ3v) is 4.75. The summed E-state index contributed by atoms with van der Waals surface area (Å²) in [7, 11) is 0. The average Bonchev–Trinajstić information content (AvgIpc) is 2.70. The monoisotopic (exact) mass is 436 g/mol. The zero-order valence-electron chi connectivity index (χ0n) is 9.46. The molecule has 1 amide bonds. The van der Waals surface area contributed by atoms with Gasteiger partial charge < -0.3 is 11.1 Å². The van der Waals surface area contributed by atoms with Crippen molar-refractivity contribution >= 4 is 67.1 Å². The van der Waals surface area contributed by atoms with E-state index in [0.29, 0.717) is 16.9 Å². The van der Waals surface area contributed by atoms with Gasteiger partial charge in [0.25, 0.3) is 5.91 Å². The van der Waals surface area contributed by atoms with Crippen LogP contribution in [0.25, 0.3) is 0 Å². The number of nitrogens with two attached hydrogens (primary N) is 1. The minimum Gasteiger partial charge on any atom is -0.397 e. The Morgan fingerprint density at radius 1 is 1.44 bits per heavy atom. The van der Waals surface area contributed by atoms with Crippen LogP contribution in [0.1, 0.15) is 15.9 Å². The van der Waals surface area contributed by atoms with E-state index in [2.05, 4.69) is 43.8 Å². The van der Waals surface area contributed by atoms with Crippen molar-refractivity contribution in [1.29, 1.82) is 0 Å². The van der Waals surface area contributed by atoms with Gasteiger partial charge in [0.15, 0.2) is 0 Å². The van der Waals surface area contributed by atoms with Crippen LogP contribution in [0.15, 0.2) is 28.1 Å². The molecule has 0 saturated heterocycles. The van der Waals surface area contributed by atoms with Gasteiger partial charge in [0.05, 0.1) is 19.8 Å². The van der Waals surface area contributed by atoms with Gasteiger partial charge in [-0.05, 0) is 69.2 Å². The Labute approximate surface area is 131 Å². The molecule has 0 saturated carbocycles. The second-order valence-electron chi connectivity index (χ2n) is 3.80. The van der Waals surface area contributed by atoms with Gasteiger partial charge in [-0.1, -0.05) is 0 Å². The van der Waals surface area contributed by atoms with Gasteiger partial charge in [-0.25, -0.2) is 0 Å². The molecule has 6 heteroatoms. The van der Waals surface area contributed by atoms with Crippen LogP contribution in [0, 0.1) is 9.81 Å². The standard InChI is InChI=1S/C12H10BrIN2OS/c1-6-2-8(13)11(9(15)3-6)16-12(17)7-4-10(14)18-5-7/h2-5H,15H2,1H3,(H,16,17). The number of amides is 1. The van der Waals surface area contributed by atoms with Crippen molar-refractivity contribution in [1.82, 2.24) is 0 Å². The van der Waals surface area contributed by atoms with Gasteiger partial charge in [0.2, 0.25) is 0 Å². The maximum Gasteiger partial charge on any atom is 0.256 e. The van der Waals surface area contributed by atoms with Crippen LogP contribution < -0.4 is 11.1 Å². The average molecular weight is 437 g/mol. The number of benzene rings is 1. The molecule has 0 aliphatic rings. The van der Waals surface area contributed by atoms with Crippen LogP contribution in [0.3, 0.4) is 0 Å². The van der Waals surface area contributed by atoms with Crippen molar-refractivity contribution in [3.8, 4) is 0 Å². The van der Waals surface area contributed by atoms with E-state index in [1.807, 2.05) is 30.5 Å². The molecule has 2 aromatic rings. The van der Waals surface area contributed by atoms with Gasteiger partial charge in [-0.15, -0.1) is 11.3 Å². The van der Waals surface area contributed by atoms with Crippen molar-refractivity contribution in [2.24, 2.45) is 0 Å². The molecular weight excluding hydrogens is 427 g/mol. The summed E-state index contributed by atoms with van der Waals surface area (Å²) in [4.78, 5) is 12.0. The Hall–Kier alpha value is -0.600. The fourth-order valence-electron chi connectivity index (χ4n) is 1.52. The van der Waals surface area contributed by atoms with E-state index in [-0.39, 0.29) is 5.91 Å². The molecule has 2 rings (SSSR count). The number of rotatable bonds is 2. The fourth-order valence-corrected chi connectivity index (χ4v) is 3.53. The second kappa shape index (κ2) is 5.58. The van der Waals surface area contributed by atoms with E-state index in [4.69, 9.17) is 5.73 Å². The fraction of sp³-hybridized carbons (Fsp3) is 0.0833. The zero-order chi connectivity index (χ0) is 13.3. The number of nitrogens with one attached hydrogen (secondary N) is 1. The van der Waals surface area contributed by atoms with Gasteiger partial charge in [0, 0.05) is 9.85 Å². The van der Waals surface area contributed by atoms with Crippen molar-refractivity contribution < 1.29 is 4.79 Å². The molecule has 1 aromatic carbocycles. The SMILES string of the molecule is Cc1cc(N)c(NC(=O)c2csc(I)c2)c(Br)c1. The highest BCUT2D eigenvalue weighted by atomic mass is 127. The Bertz CT molecular complexity index is 589. The highest BCUT2D eigenvalue weighted by Crippen LogP contribution is 2.31. The van der Waals surface area contributed by atoms with Gasteiger partial charge in [-0.3, -0.25) is 4.79 Å². The van der Waals surface area contributed by atoms with Crippen LogP contribution in [-0.4, -0.2) is 5.91 Å². The first-order valence-electron chi connectivity index (χ1n) is 5.08. The predicted molar refractivity (Wildman–Crippen MR) is 88.3 cm³/mol. The molecule has 0 atom stereocenters. The van der Waals surface area contributed by atoms with Crippen molar-refractivity contribution in [2.75, 3.05) is 11.1 Å². The van der Waals surface area contributed by atoms with E-state index in [1.165, 1.54) is 11.3 Å². The molecule has 1 aromatic heterocycles. The van der Waals surface area contributed by atoms with Crippen molar-refractivity contribution in [3.05, 3.63) is 42.1 Å². The van der Waals surface area contributed by atoms with Gasteiger partial charge in [-0.2, -0.15) is 0 Å². The first-order valence-corrected chi connectivity index (χ1v) is 7.83. The van der Waals surface area contributed by atoms with Crippen LogP contribution in [0.5, 0.6) is 0 Å². The number of carbonyl (C=O) groups is 1. The molecule has 0 radical (unpaired) electrons. The number of nitrogen functional groups attached to an aromatic ring is 1. The van der Waals surface area contributed by atoms with Crippen LogP contribution in [0.2, 0.25) is 0 Å². The van der Waals surface area contributed by atoms with Crippen LogP contribution >= 0.6 is 49.9 Å². The zero-order valence-corrected chi connectivity index (χ0v) is 14.0. The van der Waals surface area contributed by atoms with Crippen molar-refractivity contribution in [2.45, 2.75) is 6.92 Å². The van der Waals surface area contributed by atoms with E-state index >= 15 is 0 Å². The number of halogens is 2. The third kappa shape index (κ3) is 3.04. The first-order chi connectivity index (χ1) is 8.47. The number of hydrogen-bond acceptors (Lipinski definition) is 3. The summed E-state index contributed by atoms with van der Waals surface area (Å²) in [5, 5.41) is 4.66. The van der Waals surface area contributed by atoms with E-state index < -0.39 is 0 Å². The van der Waals surface area contributed by atoms with Crippen LogP contribution in [-0.2, 0) is 0 Å². The summed E-state index contributed by atoms with van der Waals surface area (Å²) in [5.41, 5.74) is 8.78. The van der Waals surface area contributed by atoms with E-state index in [1.54, 1.807) is 0 Å². The maximum absolute atomic E-state index is 12.0. The number of aryl methyl sites for hydroxylation is 1. The highest BCUT2D eigenvalue weighted by Gasteiger charge is 2.12. The number of carbonyl (C=O) groups excluding carboxylic acids is 1. The topological polar surface area (TPSA) is 55.1 Å². The summed E-state index contributed by atoms with van der Waals surface area (Å²) in [5.74, 6) is -0.148. The molecule has 0 aliphatic carbocycles. The lowest BCUT2D eigenvalue weighted by molar-refractivity contribution is 0.102. The smallest absolute Gasteiger partial charge is 0.256 e. The Kier molecular flexibility index (Phi) is 4.29. The van der Waals surface area contributed by atoms with Gasteiger partial charge in [0.1, 0.15) is 0 Å². The molecule has 3 nitrogen and oxygen atoms in total. The Morgan fingerprint density at radius 2 is 2.17 bits per heavy atom. The lowest BCUT2D eigenvalue weighted by Gasteiger charge is -2.10. The predicted octanol–water partition coefficient (Wildman–Crippen LogP) is 4.26. The summed E-state index contributed by atoms with van der Waals surface area (Å²) in [6.45, 7) is 1.95. The maximum atomic E-state index is 12.0. The normalized spacial score (nSPS) is 10.4. The molecule has 18 heavy (non-hydrogen) atoms. The summed E-state index contributed by atoms with van der Waals surface area (Å²) >= 11 is 7.13. The summed E-state index contributed by atoms with van der Waals surface area (Å²) < 4.78 is 1.87. The molecular formula is C12H10BrIN2OS. The molecule has 0 unspecified atom stereocenters. The van der Waals surface area contributed by atoms with Crippen LogP contribution in [0.4, 0.5) is 11.4 Å². The Balaban J connectivity index is 2.27. The third-order valence-electron chi connectivity index (χ3n) is 2.33. The largest absolute Gasteiger partial charge is 0.397 e. The molecule has 1 heterocycles.